The number of aromatic carboxylic acids is 1. The summed E-state index contributed by atoms with van der Waals surface area (Å²) in [6.07, 6.45) is 1.07. The molecule has 6 heteroatoms. The number of rotatable bonds is 3. The second-order valence-corrected chi connectivity index (χ2v) is 6.33. The molecule has 2 aliphatic heterocycles. The van der Waals surface area contributed by atoms with E-state index in [0.717, 1.165) is 51.5 Å². The Morgan fingerprint density at radius 3 is 2.76 bits per heavy atom. The van der Waals surface area contributed by atoms with Crippen LogP contribution in [0.5, 0.6) is 0 Å². The Balaban J connectivity index is 1.77. The molecule has 0 aliphatic carbocycles. The lowest BCUT2D eigenvalue weighted by atomic mass is 10.1. The third-order valence-electron chi connectivity index (χ3n) is 4.27. The summed E-state index contributed by atoms with van der Waals surface area (Å²) in [6.45, 7) is 5.34. The summed E-state index contributed by atoms with van der Waals surface area (Å²) in [5, 5.41) is 9.44. The van der Waals surface area contributed by atoms with Crippen LogP contribution in [-0.2, 0) is 4.74 Å². The van der Waals surface area contributed by atoms with Gasteiger partial charge in [-0.05, 0) is 34.5 Å². The van der Waals surface area contributed by atoms with E-state index < -0.39 is 5.97 Å². The number of ether oxygens (including phenoxy) is 1. The number of carboxylic acid groups (broad SMARTS) is 1. The minimum atomic E-state index is -0.882. The number of carboxylic acids is 1. The van der Waals surface area contributed by atoms with Gasteiger partial charge in [0.25, 0.3) is 0 Å². The molecule has 1 N–H and O–H groups in total. The number of halogens is 1. The lowest BCUT2D eigenvalue weighted by Gasteiger charge is -2.32. The molecule has 21 heavy (non-hydrogen) atoms. The first kappa shape index (κ1) is 14.8. The molecule has 1 unspecified atom stereocenters. The number of anilines is 1. The summed E-state index contributed by atoms with van der Waals surface area (Å²) in [4.78, 5) is 16.1. The van der Waals surface area contributed by atoms with E-state index in [4.69, 9.17) is 4.74 Å². The summed E-state index contributed by atoms with van der Waals surface area (Å²) < 4.78 is 6.04. The molecular formula is C15H19BrN2O3. The van der Waals surface area contributed by atoms with Crippen molar-refractivity contribution in [2.75, 3.05) is 44.3 Å². The van der Waals surface area contributed by atoms with E-state index in [0.29, 0.717) is 16.1 Å². The summed E-state index contributed by atoms with van der Waals surface area (Å²) in [7, 11) is 0. The summed E-state index contributed by atoms with van der Waals surface area (Å²) >= 11 is 3.35. The fourth-order valence-electron chi connectivity index (χ4n) is 3.19. The van der Waals surface area contributed by atoms with E-state index in [1.807, 2.05) is 12.1 Å². The molecule has 3 rings (SSSR count). The van der Waals surface area contributed by atoms with Gasteiger partial charge in [-0.25, -0.2) is 4.79 Å². The lowest BCUT2D eigenvalue weighted by Crippen LogP contribution is -2.44. The second-order valence-electron chi connectivity index (χ2n) is 5.48. The topological polar surface area (TPSA) is 53.0 Å². The Bertz CT molecular complexity index is 532. The number of carbonyl (C=O) groups is 1. The molecule has 2 heterocycles. The van der Waals surface area contributed by atoms with E-state index in [9.17, 15) is 9.90 Å². The number of hydrogen-bond donors (Lipinski definition) is 1. The zero-order valence-corrected chi connectivity index (χ0v) is 13.4. The molecule has 2 fully saturated rings. The molecule has 1 aromatic carbocycles. The molecule has 0 spiro atoms. The monoisotopic (exact) mass is 354 g/mol. The highest BCUT2D eigenvalue weighted by Crippen LogP contribution is 2.31. The molecule has 0 amide bonds. The zero-order valence-electron chi connectivity index (χ0n) is 11.8. The van der Waals surface area contributed by atoms with Crippen molar-refractivity contribution >= 4 is 27.6 Å². The van der Waals surface area contributed by atoms with Gasteiger partial charge in [0, 0.05) is 36.7 Å². The van der Waals surface area contributed by atoms with E-state index in [1.54, 1.807) is 6.07 Å². The van der Waals surface area contributed by atoms with Gasteiger partial charge < -0.3 is 14.7 Å². The molecular weight excluding hydrogens is 336 g/mol. The van der Waals surface area contributed by atoms with Gasteiger partial charge in [-0.1, -0.05) is 6.07 Å². The summed E-state index contributed by atoms with van der Waals surface area (Å²) in [5.41, 5.74) is 1.17. The fourth-order valence-corrected chi connectivity index (χ4v) is 3.71. The van der Waals surface area contributed by atoms with Gasteiger partial charge in [-0.2, -0.15) is 0 Å². The van der Waals surface area contributed by atoms with Gasteiger partial charge in [0.2, 0.25) is 0 Å². The largest absolute Gasteiger partial charge is 0.478 e. The van der Waals surface area contributed by atoms with Gasteiger partial charge in [0.1, 0.15) is 0 Å². The highest BCUT2D eigenvalue weighted by atomic mass is 79.9. The Morgan fingerprint density at radius 2 is 2.05 bits per heavy atom. The van der Waals surface area contributed by atoms with Crippen LogP contribution in [0, 0.1) is 0 Å². The van der Waals surface area contributed by atoms with Crippen LogP contribution in [0.2, 0.25) is 0 Å². The van der Waals surface area contributed by atoms with Crippen molar-refractivity contribution in [3.05, 3.63) is 28.2 Å². The van der Waals surface area contributed by atoms with Crippen LogP contribution in [-0.4, -0.2) is 61.4 Å². The van der Waals surface area contributed by atoms with Crippen LogP contribution in [0.4, 0.5) is 5.69 Å². The highest BCUT2D eigenvalue weighted by Gasteiger charge is 2.30. The summed E-state index contributed by atoms with van der Waals surface area (Å²) in [5.74, 6) is -0.882. The Kier molecular flexibility index (Phi) is 4.47. The molecule has 1 aromatic rings. The van der Waals surface area contributed by atoms with E-state index in [-0.39, 0.29) is 0 Å². The molecule has 0 saturated carbocycles. The first-order valence-corrected chi connectivity index (χ1v) is 8.04. The van der Waals surface area contributed by atoms with E-state index in [1.165, 1.54) is 0 Å². The van der Waals surface area contributed by atoms with Crippen LogP contribution in [0.15, 0.2) is 22.7 Å². The average molecular weight is 355 g/mol. The number of hydrogen-bond acceptors (Lipinski definition) is 4. The van der Waals surface area contributed by atoms with Crippen LogP contribution in [0.1, 0.15) is 16.8 Å². The van der Waals surface area contributed by atoms with Crippen LogP contribution < -0.4 is 4.90 Å². The van der Waals surface area contributed by atoms with Crippen molar-refractivity contribution in [3.8, 4) is 0 Å². The first-order valence-electron chi connectivity index (χ1n) is 7.25. The summed E-state index contributed by atoms with van der Waals surface area (Å²) in [6, 6.07) is 6.07. The number of benzene rings is 1. The maximum Gasteiger partial charge on any atom is 0.338 e. The third-order valence-corrected chi connectivity index (χ3v) is 4.93. The minimum Gasteiger partial charge on any atom is -0.478 e. The Hall–Kier alpha value is -1.11. The number of morpholine rings is 1. The molecule has 2 saturated heterocycles. The minimum absolute atomic E-state index is 0.361. The first-order chi connectivity index (χ1) is 10.2. The maximum atomic E-state index is 11.5. The molecule has 114 valence electrons. The van der Waals surface area contributed by atoms with Gasteiger partial charge >= 0.3 is 5.97 Å². The molecule has 1 atom stereocenters. The predicted octanol–water partition coefficient (Wildman–Crippen LogP) is 2.06. The van der Waals surface area contributed by atoms with Crippen molar-refractivity contribution in [1.29, 1.82) is 0 Å². The van der Waals surface area contributed by atoms with Crippen molar-refractivity contribution < 1.29 is 14.6 Å². The normalized spacial score (nSPS) is 23.5. The quantitative estimate of drug-likeness (QED) is 0.900. The van der Waals surface area contributed by atoms with Crippen LogP contribution in [0.3, 0.4) is 0 Å². The Morgan fingerprint density at radius 1 is 1.29 bits per heavy atom. The molecule has 0 radical (unpaired) electrons. The van der Waals surface area contributed by atoms with Crippen molar-refractivity contribution in [1.82, 2.24) is 4.90 Å². The third kappa shape index (κ3) is 3.07. The zero-order chi connectivity index (χ0) is 14.8. The maximum absolute atomic E-state index is 11.5. The van der Waals surface area contributed by atoms with E-state index in [2.05, 4.69) is 25.7 Å². The fraction of sp³-hybridized carbons (Fsp3) is 0.533. The van der Waals surface area contributed by atoms with Gasteiger partial charge in [0.15, 0.2) is 0 Å². The Labute approximate surface area is 132 Å². The van der Waals surface area contributed by atoms with Gasteiger partial charge in [-0.3, -0.25) is 4.90 Å². The molecule has 0 aromatic heterocycles. The standard InChI is InChI=1S/C15H19BrN2O3/c16-12-2-1-3-13(14(12)15(19)20)18-5-4-11(10-18)17-6-8-21-9-7-17/h1-3,11H,4-10H2,(H,19,20). The van der Waals surface area contributed by atoms with Crippen LogP contribution >= 0.6 is 15.9 Å². The van der Waals surface area contributed by atoms with E-state index >= 15 is 0 Å². The van der Waals surface area contributed by atoms with Crippen LogP contribution in [0.25, 0.3) is 0 Å². The smallest absolute Gasteiger partial charge is 0.338 e. The molecule has 2 aliphatic rings. The lowest BCUT2D eigenvalue weighted by molar-refractivity contribution is 0.0209. The van der Waals surface area contributed by atoms with Gasteiger partial charge in [0.05, 0.1) is 24.5 Å². The van der Waals surface area contributed by atoms with Crippen molar-refractivity contribution in [2.45, 2.75) is 12.5 Å². The van der Waals surface area contributed by atoms with Crippen molar-refractivity contribution in [2.24, 2.45) is 0 Å². The van der Waals surface area contributed by atoms with Gasteiger partial charge in [-0.15, -0.1) is 0 Å². The second kappa shape index (κ2) is 6.34. The SMILES string of the molecule is O=C(O)c1c(Br)cccc1N1CCC(N2CCOCC2)C1. The molecule has 5 nitrogen and oxygen atoms in total. The predicted molar refractivity (Wildman–Crippen MR) is 84.1 cm³/mol. The van der Waals surface area contributed by atoms with Crippen molar-refractivity contribution in [3.63, 3.8) is 0 Å². The highest BCUT2D eigenvalue weighted by molar-refractivity contribution is 9.10. The molecule has 0 bridgehead atoms. The number of nitrogens with zero attached hydrogens (tertiary/aromatic N) is 2. The average Bonchev–Trinajstić information content (AvgIpc) is 2.97.